The summed E-state index contributed by atoms with van der Waals surface area (Å²) in [6.45, 7) is 8.19. The Kier molecular flexibility index (Phi) is 7.20. The first-order chi connectivity index (χ1) is 15.1. The normalized spacial score (nSPS) is 42.5. The highest BCUT2D eigenvalue weighted by Crippen LogP contribution is 2.59. The van der Waals surface area contributed by atoms with Gasteiger partial charge in [-0.1, -0.05) is 37.1 Å². The SMILES string of the molecule is CC(CN1CC[C@@H](C(C)(F)F)C1)[C@H]1CC[C@H]2/C(=C/C=C3C[C@@H](O)C[C@@H](O)C3)CCC[C@]12C. The molecule has 3 saturated carbocycles. The van der Waals surface area contributed by atoms with Gasteiger partial charge in [-0.05, 0) is 94.4 Å². The van der Waals surface area contributed by atoms with Crippen molar-refractivity contribution in [3.8, 4) is 0 Å². The van der Waals surface area contributed by atoms with E-state index in [4.69, 9.17) is 0 Å². The van der Waals surface area contributed by atoms with Gasteiger partial charge >= 0.3 is 0 Å². The third kappa shape index (κ3) is 5.15. The van der Waals surface area contributed by atoms with Crippen LogP contribution in [0.5, 0.6) is 0 Å². The van der Waals surface area contributed by atoms with Gasteiger partial charge in [-0.15, -0.1) is 0 Å². The van der Waals surface area contributed by atoms with Gasteiger partial charge in [-0.25, -0.2) is 8.78 Å². The van der Waals surface area contributed by atoms with Gasteiger partial charge in [0.2, 0.25) is 5.92 Å². The lowest BCUT2D eigenvalue weighted by Crippen LogP contribution is -2.40. The Bertz CT molecular complexity index is 718. The molecule has 5 heteroatoms. The Hall–Kier alpha value is -0.780. The molecule has 1 unspecified atom stereocenters. The van der Waals surface area contributed by atoms with E-state index < -0.39 is 24.0 Å². The van der Waals surface area contributed by atoms with E-state index in [0.717, 1.165) is 32.0 Å². The molecule has 3 nitrogen and oxygen atoms in total. The number of rotatable bonds is 5. The summed E-state index contributed by atoms with van der Waals surface area (Å²) in [5.74, 6) is -1.29. The maximum Gasteiger partial charge on any atom is 0.249 e. The average Bonchev–Trinajstić information content (AvgIpc) is 3.29. The van der Waals surface area contributed by atoms with Gasteiger partial charge in [0.1, 0.15) is 0 Å². The first-order valence-electron chi connectivity index (χ1n) is 12.9. The number of hydrogen-bond donors (Lipinski definition) is 2. The van der Waals surface area contributed by atoms with Crippen LogP contribution in [-0.2, 0) is 0 Å². The zero-order valence-electron chi connectivity index (χ0n) is 20.2. The van der Waals surface area contributed by atoms with Crippen molar-refractivity contribution in [1.82, 2.24) is 4.90 Å². The summed E-state index contributed by atoms with van der Waals surface area (Å²) < 4.78 is 27.5. The molecule has 0 radical (unpaired) electrons. The number of likely N-dealkylation sites (tertiary alicyclic amines) is 1. The fraction of sp³-hybridized carbons (Fsp3) is 0.852. The van der Waals surface area contributed by atoms with E-state index in [1.165, 1.54) is 25.7 Å². The number of allylic oxidation sites excluding steroid dienone is 3. The molecule has 1 aliphatic heterocycles. The second-order valence-corrected chi connectivity index (χ2v) is 11.8. The molecule has 1 saturated heterocycles. The first kappa shape index (κ1) is 24.3. The molecule has 32 heavy (non-hydrogen) atoms. The maximum atomic E-state index is 13.7. The van der Waals surface area contributed by atoms with Crippen LogP contribution in [0.2, 0.25) is 0 Å². The minimum atomic E-state index is -2.57. The summed E-state index contributed by atoms with van der Waals surface area (Å²) in [6, 6.07) is 0. The third-order valence-corrected chi connectivity index (χ3v) is 9.33. The topological polar surface area (TPSA) is 43.7 Å². The van der Waals surface area contributed by atoms with Crippen LogP contribution in [0.1, 0.15) is 78.6 Å². The smallest absolute Gasteiger partial charge is 0.249 e. The number of alkyl halides is 2. The minimum absolute atomic E-state index is 0.293. The Morgan fingerprint density at radius 1 is 1.16 bits per heavy atom. The maximum absolute atomic E-state index is 13.7. The van der Waals surface area contributed by atoms with E-state index in [9.17, 15) is 19.0 Å². The summed E-state index contributed by atoms with van der Waals surface area (Å²) >= 11 is 0. The summed E-state index contributed by atoms with van der Waals surface area (Å²) in [7, 11) is 0. The molecule has 182 valence electrons. The van der Waals surface area contributed by atoms with Crippen molar-refractivity contribution in [2.45, 2.75) is 96.7 Å². The minimum Gasteiger partial charge on any atom is -0.393 e. The quantitative estimate of drug-likeness (QED) is 0.574. The molecule has 0 spiro atoms. The van der Waals surface area contributed by atoms with E-state index in [1.54, 1.807) is 5.57 Å². The fourth-order valence-corrected chi connectivity index (χ4v) is 7.69. The van der Waals surface area contributed by atoms with Crippen molar-refractivity contribution >= 4 is 0 Å². The summed E-state index contributed by atoms with van der Waals surface area (Å²) in [5.41, 5.74) is 3.00. The van der Waals surface area contributed by atoms with Gasteiger partial charge < -0.3 is 15.1 Å². The number of aliphatic hydroxyl groups is 2. The van der Waals surface area contributed by atoms with Crippen LogP contribution < -0.4 is 0 Å². The molecule has 7 atom stereocenters. The van der Waals surface area contributed by atoms with Crippen LogP contribution >= 0.6 is 0 Å². The van der Waals surface area contributed by atoms with E-state index in [1.807, 2.05) is 0 Å². The number of fused-ring (bicyclic) bond motifs is 1. The Balaban J connectivity index is 1.41. The molecular weight excluding hydrogens is 408 g/mol. The molecule has 3 aliphatic carbocycles. The van der Waals surface area contributed by atoms with Crippen molar-refractivity contribution in [3.63, 3.8) is 0 Å². The van der Waals surface area contributed by atoms with E-state index in [2.05, 4.69) is 30.9 Å². The third-order valence-electron chi connectivity index (χ3n) is 9.33. The predicted octanol–water partition coefficient (Wildman–Crippen LogP) is 5.57. The molecule has 4 rings (SSSR count). The molecule has 0 bridgehead atoms. The molecule has 0 aromatic rings. The lowest BCUT2D eigenvalue weighted by atomic mass is 9.61. The zero-order chi connectivity index (χ0) is 23.1. The summed E-state index contributed by atoms with van der Waals surface area (Å²) in [6.07, 6.45) is 12.2. The van der Waals surface area contributed by atoms with Crippen molar-refractivity contribution in [2.24, 2.45) is 29.1 Å². The first-order valence-corrected chi connectivity index (χ1v) is 12.9. The molecule has 2 N–H and O–H groups in total. The van der Waals surface area contributed by atoms with Crippen LogP contribution in [-0.4, -0.2) is 52.9 Å². The van der Waals surface area contributed by atoms with Crippen molar-refractivity contribution in [3.05, 3.63) is 23.3 Å². The second kappa shape index (κ2) is 9.46. The molecule has 0 amide bonds. The predicted molar refractivity (Wildman–Crippen MR) is 125 cm³/mol. The molecule has 4 aliphatic rings. The monoisotopic (exact) mass is 451 g/mol. The molecule has 0 aromatic carbocycles. The Labute approximate surface area is 193 Å². The van der Waals surface area contributed by atoms with Gasteiger partial charge in [-0.3, -0.25) is 0 Å². The van der Waals surface area contributed by atoms with Crippen LogP contribution in [0.25, 0.3) is 0 Å². The summed E-state index contributed by atoms with van der Waals surface area (Å²) in [4.78, 5) is 2.28. The largest absolute Gasteiger partial charge is 0.393 e. The van der Waals surface area contributed by atoms with Crippen molar-refractivity contribution < 1.29 is 19.0 Å². The fourth-order valence-electron chi connectivity index (χ4n) is 7.69. The molecule has 4 fully saturated rings. The zero-order valence-corrected chi connectivity index (χ0v) is 20.2. The van der Waals surface area contributed by atoms with Crippen molar-refractivity contribution in [1.29, 1.82) is 0 Å². The van der Waals surface area contributed by atoms with Gasteiger partial charge in [-0.2, -0.15) is 0 Å². The highest BCUT2D eigenvalue weighted by atomic mass is 19.3. The lowest BCUT2D eigenvalue weighted by Gasteiger charge is -2.45. The van der Waals surface area contributed by atoms with Crippen molar-refractivity contribution in [2.75, 3.05) is 19.6 Å². The molecule has 0 aromatic heterocycles. The van der Waals surface area contributed by atoms with E-state index >= 15 is 0 Å². The highest BCUT2D eigenvalue weighted by molar-refractivity contribution is 5.26. The van der Waals surface area contributed by atoms with E-state index in [0.29, 0.717) is 55.4 Å². The van der Waals surface area contributed by atoms with Crippen LogP contribution in [0.4, 0.5) is 8.78 Å². The standard InChI is InChI=1S/C27H43F2NO2/c1-18(16-30-12-10-21(17-30)27(3,28)29)24-8-9-25-20(5-4-11-26(24,25)2)7-6-19-13-22(31)15-23(32)14-19/h6-7,18,21-25,31-32H,4-5,8-17H2,1-3H3/b19-6?,20-7+/t18?,21-,22-,23+,24-,25+,26-/m1/s1. The Morgan fingerprint density at radius 3 is 2.53 bits per heavy atom. The van der Waals surface area contributed by atoms with Crippen LogP contribution in [0, 0.1) is 29.1 Å². The number of aliphatic hydroxyl groups excluding tert-OH is 2. The summed E-state index contributed by atoms with van der Waals surface area (Å²) in [5, 5.41) is 20.0. The van der Waals surface area contributed by atoms with Gasteiger partial charge in [0.15, 0.2) is 0 Å². The van der Waals surface area contributed by atoms with Gasteiger partial charge in [0.25, 0.3) is 0 Å². The number of nitrogens with zero attached hydrogens (tertiary/aromatic N) is 1. The molecular formula is C27H43F2NO2. The van der Waals surface area contributed by atoms with E-state index in [-0.39, 0.29) is 0 Å². The Morgan fingerprint density at radius 2 is 1.88 bits per heavy atom. The second-order valence-electron chi connectivity index (χ2n) is 11.8. The van der Waals surface area contributed by atoms with Crippen LogP contribution in [0.3, 0.4) is 0 Å². The molecule has 1 heterocycles. The van der Waals surface area contributed by atoms with Gasteiger partial charge in [0.05, 0.1) is 12.2 Å². The number of hydrogen-bond acceptors (Lipinski definition) is 3. The van der Waals surface area contributed by atoms with Crippen LogP contribution in [0.15, 0.2) is 23.3 Å². The number of halogens is 2. The highest BCUT2D eigenvalue weighted by Gasteiger charge is 2.51. The lowest BCUT2D eigenvalue weighted by molar-refractivity contribution is -0.0360. The average molecular weight is 452 g/mol. The van der Waals surface area contributed by atoms with Gasteiger partial charge in [0, 0.05) is 19.0 Å².